The van der Waals surface area contributed by atoms with Crippen molar-refractivity contribution in [3.63, 3.8) is 0 Å². The topological polar surface area (TPSA) is 94.5 Å². The zero-order chi connectivity index (χ0) is 17.9. The third-order valence-corrected chi connectivity index (χ3v) is 3.55. The Morgan fingerprint density at radius 2 is 1.39 bits per heavy atom. The molecule has 0 aromatic rings. The number of rotatable bonds is 13. The molecule has 136 valence electrons. The minimum Gasteiger partial charge on any atom is -0.461 e. The lowest BCUT2D eigenvalue weighted by molar-refractivity contribution is -0.351. The molecule has 0 aliphatic rings. The fourth-order valence-corrected chi connectivity index (χ4v) is 1.85. The van der Waals surface area contributed by atoms with E-state index in [2.05, 4.69) is 6.58 Å². The van der Waals surface area contributed by atoms with Crippen LogP contribution in [0.4, 0.5) is 0 Å². The monoisotopic (exact) mass is 334 g/mol. The van der Waals surface area contributed by atoms with Crippen LogP contribution in [-0.2, 0) is 23.7 Å². The first kappa shape index (κ1) is 22.0. The fourth-order valence-electron chi connectivity index (χ4n) is 1.85. The molecule has 0 heterocycles. The summed E-state index contributed by atoms with van der Waals surface area (Å²) in [6.07, 6.45) is 0.452. The summed E-state index contributed by atoms with van der Waals surface area (Å²) in [7, 11) is 0. The van der Waals surface area contributed by atoms with E-state index in [-0.39, 0.29) is 45.2 Å². The maximum atomic E-state index is 12.3. The molecular weight excluding hydrogens is 304 g/mol. The van der Waals surface area contributed by atoms with Crippen LogP contribution in [0.2, 0.25) is 0 Å². The normalized spacial score (nSPS) is 12.3. The van der Waals surface area contributed by atoms with Gasteiger partial charge in [0.2, 0.25) is 0 Å². The Labute approximate surface area is 138 Å². The molecule has 2 N–H and O–H groups in total. The summed E-state index contributed by atoms with van der Waals surface area (Å²) in [6.45, 7) is 10.7. The molecule has 0 atom stereocenters. The summed E-state index contributed by atoms with van der Waals surface area (Å²) in [5, 5.41) is 18.8. The van der Waals surface area contributed by atoms with Crippen molar-refractivity contribution in [1.82, 2.24) is 0 Å². The first-order chi connectivity index (χ1) is 10.9. The fraction of sp³-hybridized carbons (Fsp3) is 0.812. The average molecular weight is 334 g/mol. The van der Waals surface area contributed by atoms with Crippen molar-refractivity contribution in [2.45, 2.75) is 40.1 Å². The Kier molecular flexibility index (Phi) is 10.3. The molecule has 0 spiro atoms. The van der Waals surface area contributed by atoms with E-state index < -0.39 is 17.4 Å². The average Bonchev–Trinajstić information content (AvgIpc) is 2.56. The molecule has 0 saturated carbocycles. The van der Waals surface area contributed by atoms with Crippen LogP contribution in [0, 0.1) is 5.41 Å². The predicted octanol–water partition coefficient (Wildman–Crippen LogP) is 1.23. The molecule has 0 aromatic carbocycles. The van der Waals surface area contributed by atoms with Gasteiger partial charge in [0.15, 0.2) is 0 Å². The van der Waals surface area contributed by atoms with Gasteiger partial charge < -0.3 is 29.2 Å². The molecule has 0 amide bonds. The van der Waals surface area contributed by atoms with Crippen molar-refractivity contribution in [3.8, 4) is 0 Å². The first-order valence-corrected chi connectivity index (χ1v) is 7.90. The number of ether oxygens (including phenoxy) is 4. The van der Waals surface area contributed by atoms with Crippen LogP contribution in [-0.4, -0.2) is 61.8 Å². The summed E-state index contributed by atoms with van der Waals surface area (Å²) in [4.78, 5) is 12.3. The Morgan fingerprint density at radius 1 is 0.957 bits per heavy atom. The zero-order valence-corrected chi connectivity index (χ0v) is 14.6. The van der Waals surface area contributed by atoms with E-state index in [1.165, 1.54) is 0 Å². The molecule has 0 aromatic heterocycles. The highest BCUT2D eigenvalue weighted by Gasteiger charge is 2.42. The lowest BCUT2D eigenvalue weighted by Crippen LogP contribution is -2.45. The highest BCUT2D eigenvalue weighted by atomic mass is 16.9. The van der Waals surface area contributed by atoms with Gasteiger partial charge in [0.05, 0.1) is 18.6 Å². The quantitative estimate of drug-likeness (QED) is 0.297. The van der Waals surface area contributed by atoms with Gasteiger partial charge in [-0.05, 0) is 27.2 Å². The summed E-state index contributed by atoms with van der Waals surface area (Å²) in [6, 6.07) is 0. The molecule has 0 aliphatic heterocycles. The molecule has 7 nitrogen and oxygen atoms in total. The van der Waals surface area contributed by atoms with Gasteiger partial charge in [-0.1, -0.05) is 13.5 Å². The van der Waals surface area contributed by atoms with Crippen LogP contribution < -0.4 is 0 Å². The van der Waals surface area contributed by atoms with E-state index in [9.17, 15) is 15.0 Å². The van der Waals surface area contributed by atoms with Crippen molar-refractivity contribution in [2.24, 2.45) is 5.41 Å². The second-order valence-electron chi connectivity index (χ2n) is 5.08. The van der Waals surface area contributed by atoms with Gasteiger partial charge in [-0.25, -0.2) is 4.79 Å². The minimum absolute atomic E-state index is 0.121. The van der Waals surface area contributed by atoms with E-state index >= 15 is 0 Å². The molecule has 23 heavy (non-hydrogen) atoms. The molecule has 0 aliphatic carbocycles. The van der Waals surface area contributed by atoms with Crippen LogP contribution >= 0.6 is 0 Å². The summed E-state index contributed by atoms with van der Waals surface area (Å²) < 4.78 is 21.6. The lowest BCUT2D eigenvalue weighted by atomic mass is 9.88. The third-order valence-electron chi connectivity index (χ3n) is 3.55. The number of hydrogen-bond donors (Lipinski definition) is 2. The van der Waals surface area contributed by atoms with Gasteiger partial charge in [-0.2, -0.15) is 0 Å². The Balaban J connectivity index is 5.09. The standard InChI is InChI=1S/C16H30O7/c1-6-15(10-17,11-18)12-20-14(19)13(5)16(21-7-2,22-8-3)23-9-4/h17-18H,5-12H2,1-4H3. The first-order valence-electron chi connectivity index (χ1n) is 7.90. The van der Waals surface area contributed by atoms with Gasteiger partial charge >= 0.3 is 11.9 Å². The lowest BCUT2D eigenvalue weighted by Gasteiger charge is -2.33. The largest absolute Gasteiger partial charge is 0.461 e. The molecule has 0 unspecified atom stereocenters. The number of carbonyl (C=O) groups excluding carboxylic acids is 1. The number of aliphatic hydroxyl groups is 2. The van der Waals surface area contributed by atoms with Gasteiger partial charge in [-0.3, -0.25) is 0 Å². The highest BCUT2D eigenvalue weighted by Crippen LogP contribution is 2.27. The van der Waals surface area contributed by atoms with Gasteiger partial charge in [0.1, 0.15) is 12.2 Å². The predicted molar refractivity (Wildman–Crippen MR) is 84.6 cm³/mol. The van der Waals surface area contributed by atoms with Crippen molar-refractivity contribution in [1.29, 1.82) is 0 Å². The van der Waals surface area contributed by atoms with Gasteiger partial charge in [0, 0.05) is 19.8 Å². The zero-order valence-electron chi connectivity index (χ0n) is 14.6. The van der Waals surface area contributed by atoms with Crippen LogP contribution in [0.5, 0.6) is 0 Å². The number of hydrogen-bond acceptors (Lipinski definition) is 7. The SMILES string of the molecule is C=C(C(=O)OCC(CC)(CO)CO)C(OCC)(OCC)OCC. The van der Waals surface area contributed by atoms with Crippen LogP contribution in [0.15, 0.2) is 12.2 Å². The molecule has 0 rings (SSSR count). The van der Waals surface area contributed by atoms with Crippen molar-refractivity contribution in [3.05, 3.63) is 12.2 Å². The maximum Gasteiger partial charge on any atom is 0.341 e. The number of esters is 1. The number of aliphatic hydroxyl groups excluding tert-OH is 2. The van der Waals surface area contributed by atoms with E-state index in [0.29, 0.717) is 6.42 Å². The molecule has 0 saturated heterocycles. The summed E-state index contributed by atoms with van der Waals surface area (Å²) >= 11 is 0. The number of carbonyl (C=O) groups is 1. The van der Waals surface area contributed by atoms with E-state index in [1.807, 2.05) is 0 Å². The van der Waals surface area contributed by atoms with Crippen molar-refractivity contribution < 1.29 is 34.0 Å². The molecule has 7 heteroatoms. The van der Waals surface area contributed by atoms with Crippen LogP contribution in [0.25, 0.3) is 0 Å². The van der Waals surface area contributed by atoms with Gasteiger partial charge in [-0.15, -0.1) is 0 Å². The van der Waals surface area contributed by atoms with Crippen molar-refractivity contribution in [2.75, 3.05) is 39.6 Å². The molecular formula is C16H30O7. The van der Waals surface area contributed by atoms with E-state index in [4.69, 9.17) is 18.9 Å². The van der Waals surface area contributed by atoms with E-state index in [1.54, 1.807) is 27.7 Å². The molecule has 0 fully saturated rings. The van der Waals surface area contributed by atoms with Gasteiger partial charge in [0.25, 0.3) is 0 Å². The smallest absolute Gasteiger partial charge is 0.341 e. The van der Waals surface area contributed by atoms with Crippen LogP contribution in [0.1, 0.15) is 34.1 Å². The summed E-state index contributed by atoms with van der Waals surface area (Å²) in [5.41, 5.74) is -1.01. The summed E-state index contributed by atoms with van der Waals surface area (Å²) in [5.74, 6) is -2.46. The maximum absolute atomic E-state index is 12.3. The minimum atomic E-state index is -1.69. The Morgan fingerprint density at radius 3 is 1.70 bits per heavy atom. The van der Waals surface area contributed by atoms with E-state index in [0.717, 1.165) is 0 Å². The van der Waals surface area contributed by atoms with Crippen molar-refractivity contribution >= 4 is 5.97 Å². The van der Waals surface area contributed by atoms with Crippen LogP contribution in [0.3, 0.4) is 0 Å². The Hall–Kier alpha value is -0.990. The highest BCUT2D eigenvalue weighted by molar-refractivity contribution is 5.89. The molecule has 0 bridgehead atoms. The second kappa shape index (κ2) is 10.7. The second-order valence-corrected chi connectivity index (χ2v) is 5.08. The Bertz CT molecular complexity index is 338. The molecule has 0 radical (unpaired) electrons. The third kappa shape index (κ3) is 5.86.